The summed E-state index contributed by atoms with van der Waals surface area (Å²) >= 11 is 6.00. The Balaban J connectivity index is 1.85. The molecule has 0 radical (unpaired) electrons. The zero-order valence-corrected chi connectivity index (χ0v) is 14.8. The van der Waals surface area contributed by atoms with E-state index in [-0.39, 0.29) is 12.0 Å². The number of aromatic amines is 1. The summed E-state index contributed by atoms with van der Waals surface area (Å²) in [7, 11) is 0.524. The summed E-state index contributed by atoms with van der Waals surface area (Å²) in [5.74, 6) is 0.280. The van der Waals surface area contributed by atoms with Gasteiger partial charge in [0.1, 0.15) is 16.0 Å². The predicted molar refractivity (Wildman–Crippen MR) is 93.6 cm³/mol. The molecule has 122 valence electrons. The van der Waals surface area contributed by atoms with Crippen molar-refractivity contribution in [2.45, 2.75) is 24.9 Å². The van der Waals surface area contributed by atoms with E-state index < -0.39 is 11.0 Å². The molecule has 2 heterocycles. The summed E-state index contributed by atoms with van der Waals surface area (Å²) in [6, 6.07) is 7.38. The maximum absolute atomic E-state index is 12.7. The van der Waals surface area contributed by atoms with Crippen LogP contribution in [0.4, 0.5) is 0 Å². The van der Waals surface area contributed by atoms with E-state index in [1.165, 1.54) is 0 Å². The Morgan fingerprint density at radius 3 is 2.78 bits per heavy atom. The lowest BCUT2D eigenvalue weighted by atomic mass is 10.0. The molecule has 5 nitrogen and oxygen atoms in total. The van der Waals surface area contributed by atoms with E-state index in [1.54, 1.807) is 10.9 Å². The van der Waals surface area contributed by atoms with Crippen LogP contribution in [0.2, 0.25) is 5.02 Å². The van der Waals surface area contributed by atoms with Crippen molar-refractivity contribution in [3.05, 3.63) is 47.2 Å². The Labute approximate surface area is 142 Å². The minimum atomic E-state index is -1.35. The maximum Gasteiger partial charge on any atom is 0.142 e. The van der Waals surface area contributed by atoms with Crippen molar-refractivity contribution >= 4 is 33.5 Å². The van der Waals surface area contributed by atoms with Gasteiger partial charge in [-0.15, -0.1) is 0 Å². The molecule has 0 saturated carbocycles. The second-order valence-electron chi connectivity index (χ2n) is 5.92. The summed E-state index contributed by atoms with van der Waals surface area (Å²) in [5.41, 5.74) is 1.94. The molecule has 0 aliphatic rings. The number of nitrogens with one attached hydrogen (secondary N) is 2. The number of hydrogen-bond donors (Lipinski definition) is 2. The van der Waals surface area contributed by atoms with Gasteiger partial charge in [-0.2, -0.15) is 5.10 Å². The second kappa shape index (κ2) is 6.47. The monoisotopic (exact) mass is 350 g/mol. The minimum absolute atomic E-state index is 0.0421. The van der Waals surface area contributed by atoms with Crippen molar-refractivity contribution in [1.82, 2.24) is 19.5 Å². The number of aromatic nitrogens is 3. The van der Waals surface area contributed by atoms with Gasteiger partial charge in [-0.1, -0.05) is 25.4 Å². The van der Waals surface area contributed by atoms with Gasteiger partial charge in [0.25, 0.3) is 0 Å². The van der Waals surface area contributed by atoms with Crippen LogP contribution in [0.3, 0.4) is 0 Å². The van der Waals surface area contributed by atoms with Crippen LogP contribution in [0.15, 0.2) is 41.7 Å². The fourth-order valence-corrected chi connectivity index (χ4v) is 3.93. The van der Waals surface area contributed by atoms with E-state index in [0.29, 0.717) is 10.0 Å². The van der Waals surface area contributed by atoms with Crippen LogP contribution in [0.1, 0.15) is 25.5 Å². The average Bonchev–Trinajstić information content (AvgIpc) is 3.09. The molecule has 0 spiro atoms. The van der Waals surface area contributed by atoms with Crippen LogP contribution < -0.4 is 4.72 Å². The van der Waals surface area contributed by atoms with Crippen molar-refractivity contribution in [3.63, 3.8) is 0 Å². The summed E-state index contributed by atoms with van der Waals surface area (Å²) in [5, 5.41) is 6.45. The normalized spacial score (nSPS) is 14.5. The van der Waals surface area contributed by atoms with Crippen molar-refractivity contribution < 1.29 is 4.21 Å². The molecular formula is C16H19ClN4OS. The first-order valence-corrected chi connectivity index (χ1v) is 8.91. The number of halogens is 1. The molecule has 2 aromatic heterocycles. The summed E-state index contributed by atoms with van der Waals surface area (Å²) in [4.78, 5) is 3.18. The van der Waals surface area contributed by atoms with Gasteiger partial charge in [-0.25, -0.2) is 8.93 Å². The Morgan fingerprint density at radius 1 is 1.35 bits per heavy atom. The Kier molecular flexibility index (Phi) is 4.57. The molecule has 0 aliphatic heterocycles. The van der Waals surface area contributed by atoms with Gasteiger partial charge in [-0.05, 0) is 30.2 Å². The number of nitrogens with zero attached hydrogens (tertiary/aromatic N) is 2. The third-order valence-corrected chi connectivity index (χ3v) is 5.06. The highest BCUT2D eigenvalue weighted by Gasteiger charge is 2.21. The maximum atomic E-state index is 12.7. The third-order valence-electron chi connectivity index (χ3n) is 3.74. The van der Waals surface area contributed by atoms with Gasteiger partial charge < -0.3 is 4.98 Å². The molecule has 1 aromatic carbocycles. The standard InChI is InChI=1S/C16H19ClN4OS/c1-10(2)16(12-8-18-21(3)9-12)20-23(22)15-7-11-6-13(17)4-5-14(11)19-15/h4-10,16,19-20H,1-3H3. The zero-order valence-electron chi connectivity index (χ0n) is 13.2. The topological polar surface area (TPSA) is 62.7 Å². The smallest absolute Gasteiger partial charge is 0.142 e. The molecule has 0 aliphatic carbocycles. The van der Waals surface area contributed by atoms with E-state index in [2.05, 4.69) is 28.7 Å². The van der Waals surface area contributed by atoms with E-state index in [9.17, 15) is 4.21 Å². The highest BCUT2D eigenvalue weighted by atomic mass is 35.5. The molecule has 2 atom stereocenters. The van der Waals surface area contributed by atoms with E-state index in [0.717, 1.165) is 16.5 Å². The average molecular weight is 351 g/mol. The van der Waals surface area contributed by atoms with Crippen LogP contribution in [0.5, 0.6) is 0 Å². The largest absolute Gasteiger partial charge is 0.347 e. The molecular weight excluding hydrogens is 332 g/mol. The van der Waals surface area contributed by atoms with Gasteiger partial charge in [0.05, 0.1) is 12.2 Å². The van der Waals surface area contributed by atoms with Gasteiger partial charge in [0.2, 0.25) is 0 Å². The Hall–Kier alpha value is -1.63. The van der Waals surface area contributed by atoms with Crippen LogP contribution in [0.25, 0.3) is 10.9 Å². The summed E-state index contributed by atoms with van der Waals surface area (Å²) < 4.78 is 17.6. The summed E-state index contributed by atoms with van der Waals surface area (Å²) in [6.07, 6.45) is 3.75. The molecule has 3 aromatic rings. The predicted octanol–water partition coefficient (Wildman–Crippen LogP) is 3.56. The number of aryl methyl sites for hydroxylation is 1. The molecule has 0 amide bonds. The van der Waals surface area contributed by atoms with Gasteiger partial charge in [0.15, 0.2) is 0 Å². The molecule has 2 unspecified atom stereocenters. The fourth-order valence-electron chi connectivity index (χ4n) is 2.55. The molecule has 0 bridgehead atoms. The molecule has 3 rings (SSSR count). The molecule has 0 fully saturated rings. The minimum Gasteiger partial charge on any atom is -0.347 e. The van der Waals surface area contributed by atoms with Crippen LogP contribution in [-0.2, 0) is 18.0 Å². The molecule has 7 heteroatoms. The first-order chi connectivity index (χ1) is 10.9. The first-order valence-electron chi connectivity index (χ1n) is 7.39. The number of rotatable bonds is 5. The van der Waals surface area contributed by atoms with Gasteiger partial charge in [0, 0.05) is 34.7 Å². The molecule has 2 N–H and O–H groups in total. The Bertz CT molecular complexity index is 855. The second-order valence-corrected chi connectivity index (χ2v) is 7.57. The lowest BCUT2D eigenvalue weighted by molar-refractivity contribution is 0.477. The van der Waals surface area contributed by atoms with Gasteiger partial charge in [-0.3, -0.25) is 4.68 Å². The zero-order chi connectivity index (χ0) is 16.6. The SMILES string of the molecule is CC(C)C(NS(=O)c1cc2cc(Cl)ccc2[nH]1)c1cnn(C)c1. The Morgan fingerprint density at radius 2 is 2.13 bits per heavy atom. The van der Waals surface area contributed by atoms with Crippen molar-refractivity contribution in [2.24, 2.45) is 13.0 Å². The van der Waals surface area contributed by atoms with Crippen LogP contribution >= 0.6 is 11.6 Å². The third kappa shape index (κ3) is 3.49. The number of H-pyrrole nitrogens is 1. The van der Waals surface area contributed by atoms with Crippen LogP contribution in [0, 0.1) is 5.92 Å². The van der Waals surface area contributed by atoms with Crippen molar-refractivity contribution in [2.75, 3.05) is 0 Å². The lowest BCUT2D eigenvalue weighted by Gasteiger charge is -2.20. The first kappa shape index (κ1) is 16.2. The fraction of sp³-hybridized carbons (Fsp3) is 0.312. The summed E-state index contributed by atoms with van der Waals surface area (Å²) in [6.45, 7) is 4.18. The number of fused-ring (bicyclic) bond motifs is 1. The highest BCUT2D eigenvalue weighted by Crippen LogP contribution is 2.25. The van der Waals surface area contributed by atoms with Crippen molar-refractivity contribution in [1.29, 1.82) is 0 Å². The van der Waals surface area contributed by atoms with E-state index in [1.807, 2.05) is 37.5 Å². The molecule has 23 heavy (non-hydrogen) atoms. The van der Waals surface area contributed by atoms with Crippen molar-refractivity contribution in [3.8, 4) is 0 Å². The van der Waals surface area contributed by atoms with E-state index in [4.69, 9.17) is 11.6 Å². The number of benzene rings is 1. The van der Waals surface area contributed by atoms with E-state index >= 15 is 0 Å². The van der Waals surface area contributed by atoms with Crippen LogP contribution in [-0.4, -0.2) is 19.0 Å². The molecule has 0 saturated heterocycles. The highest BCUT2D eigenvalue weighted by molar-refractivity contribution is 7.83. The quantitative estimate of drug-likeness (QED) is 0.739. The lowest BCUT2D eigenvalue weighted by Crippen LogP contribution is -2.27. The van der Waals surface area contributed by atoms with Gasteiger partial charge >= 0.3 is 0 Å². The number of hydrogen-bond acceptors (Lipinski definition) is 2.